The van der Waals surface area contributed by atoms with E-state index in [-0.39, 0.29) is 5.91 Å². The van der Waals surface area contributed by atoms with E-state index >= 15 is 0 Å². The summed E-state index contributed by atoms with van der Waals surface area (Å²) in [6.07, 6.45) is 0. The average molecular weight is 332 g/mol. The molecule has 3 aromatic rings. The number of aromatic nitrogens is 2. The van der Waals surface area contributed by atoms with Crippen molar-refractivity contribution in [3.05, 3.63) is 46.8 Å². The van der Waals surface area contributed by atoms with Gasteiger partial charge in [0, 0.05) is 13.1 Å². The minimum absolute atomic E-state index is 0.162. The number of carbonyl (C=O) groups excluding carboxylic acids is 1. The number of hydrogen-bond acceptors (Lipinski definition) is 3. The van der Waals surface area contributed by atoms with Gasteiger partial charge in [-0.1, -0.05) is 12.1 Å². The molecule has 5 nitrogen and oxygen atoms in total. The molecule has 3 heterocycles. The molecule has 0 saturated carbocycles. The highest BCUT2D eigenvalue weighted by Crippen LogP contribution is 2.28. The van der Waals surface area contributed by atoms with Gasteiger partial charge in [-0.3, -0.25) is 9.69 Å². The Morgan fingerprint density at radius 3 is 2.85 bits per heavy atom. The van der Waals surface area contributed by atoms with Crippen molar-refractivity contribution in [2.75, 3.05) is 11.4 Å². The number of nitrogens with zero attached hydrogens (tertiary/aromatic N) is 3. The van der Waals surface area contributed by atoms with Crippen LogP contribution < -0.4 is 4.90 Å². The number of imidazole rings is 1. The van der Waals surface area contributed by atoms with Gasteiger partial charge in [0.15, 0.2) is 10.4 Å². The maximum absolute atomic E-state index is 12.5. The Balaban J connectivity index is 1.79. The molecule has 0 unspecified atom stereocenters. The third-order valence-corrected chi connectivity index (χ3v) is 3.88. The second-order valence-electron chi connectivity index (χ2n) is 4.61. The largest absolute Gasteiger partial charge is 0.444 e. The molecular weight excluding hydrogens is 322 g/mol. The number of amides is 1. The Bertz CT molecular complexity index is 821. The van der Waals surface area contributed by atoms with Crippen molar-refractivity contribution in [3.63, 3.8) is 0 Å². The van der Waals surface area contributed by atoms with Crippen LogP contribution in [0, 0.1) is 0 Å². The van der Waals surface area contributed by atoms with Crippen molar-refractivity contribution in [1.82, 2.24) is 9.55 Å². The molecule has 0 radical (unpaired) electrons. The number of fused-ring (bicyclic) bond motifs is 3. The summed E-state index contributed by atoms with van der Waals surface area (Å²) in [5, 5.41) is 0. The number of rotatable bonds is 1. The third kappa shape index (κ3) is 1.61. The molecule has 100 valence electrons. The summed E-state index contributed by atoms with van der Waals surface area (Å²) in [5.74, 6) is 0.839. The second kappa shape index (κ2) is 4.21. The summed E-state index contributed by atoms with van der Waals surface area (Å²) in [4.78, 5) is 18.7. The zero-order valence-corrected chi connectivity index (χ0v) is 12.0. The molecule has 0 bridgehead atoms. The Morgan fingerprint density at radius 1 is 1.20 bits per heavy atom. The Labute approximate surface area is 122 Å². The minimum atomic E-state index is -0.162. The van der Waals surface area contributed by atoms with Crippen LogP contribution in [-0.2, 0) is 6.54 Å². The average Bonchev–Trinajstić information content (AvgIpc) is 3.12. The number of halogens is 1. The Morgan fingerprint density at radius 2 is 2.05 bits per heavy atom. The highest BCUT2D eigenvalue weighted by Gasteiger charge is 2.30. The van der Waals surface area contributed by atoms with Gasteiger partial charge in [0.25, 0.3) is 5.91 Å². The van der Waals surface area contributed by atoms with Crippen molar-refractivity contribution < 1.29 is 9.21 Å². The van der Waals surface area contributed by atoms with Crippen LogP contribution in [0.25, 0.3) is 11.0 Å². The van der Waals surface area contributed by atoms with Gasteiger partial charge < -0.3 is 8.98 Å². The van der Waals surface area contributed by atoms with Crippen LogP contribution in [0.1, 0.15) is 10.6 Å². The van der Waals surface area contributed by atoms with Gasteiger partial charge in [-0.05, 0) is 40.2 Å². The third-order valence-electron chi connectivity index (χ3n) is 3.45. The van der Waals surface area contributed by atoms with E-state index in [1.807, 2.05) is 24.3 Å². The molecule has 4 rings (SSSR count). The minimum Gasteiger partial charge on any atom is -0.444 e. The van der Waals surface area contributed by atoms with E-state index in [0.29, 0.717) is 22.9 Å². The lowest BCUT2D eigenvalue weighted by molar-refractivity contribution is 0.0961. The normalized spacial score (nSPS) is 13.9. The molecule has 0 fully saturated rings. The fraction of sp³-hybridized carbons (Fsp3) is 0.143. The van der Waals surface area contributed by atoms with Crippen molar-refractivity contribution in [3.8, 4) is 0 Å². The van der Waals surface area contributed by atoms with Crippen LogP contribution >= 0.6 is 15.9 Å². The van der Waals surface area contributed by atoms with Gasteiger partial charge >= 0.3 is 0 Å². The molecular formula is C14H10BrN3O2. The van der Waals surface area contributed by atoms with E-state index in [1.165, 1.54) is 0 Å². The number of carbonyl (C=O) groups is 1. The van der Waals surface area contributed by atoms with Crippen molar-refractivity contribution in [2.24, 2.45) is 0 Å². The SMILES string of the molecule is O=C(c1ccc(Br)o1)N1CCn2c1nc1ccccc12. The summed E-state index contributed by atoms with van der Waals surface area (Å²) < 4.78 is 7.95. The van der Waals surface area contributed by atoms with Gasteiger partial charge in [-0.25, -0.2) is 4.98 Å². The van der Waals surface area contributed by atoms with E-state index in [1.54, 1.807) is 17.0 Å². The first-order valence-corrected chi connectivity index (χ1v) is 7.06. The molecule has 0 saturated heterocycles. The van der Waals surface area contributed by atoms with Gasteiger partial charge in [0.05, 0.1) is 11.0 Å². The molecule has 0 aliphatic carbocycles. The zero-order chi connectivity index (χ0) is 13.7. The number of hydrogen-bond donors (Lipinski definition) is 0. The lowest BCUT2D eigenvalue weighted by atomic mass is 10.3. The van der Waals surface area contributed by atoms with Gasteiger partial charge in [-0.15, -0.1) is 0 Å². The summed E-state index contributed by atoms with van der Waals surface area (Å²) in [6.45, 7) is 1.37. The van der Waals surface area contributed by atoms with E-state index in [9.17, 15) is 4.79 Å². The second-order valence-corrected chi connectivity index (χ2v) is 5.39. The first-order chi connectivity index (χ1) is 9.74. The number of anilines is 1. The van der Waals surface area contributed by atoms with Crippen LogP contribution in [0.4, 0.5) is 5.95 Å². The van der Waals surface area contributed by atoms with Crippen LogP contribution in [0.3, 0.4) is 0 Å². The summed E-state index contributed by atoms with van der Waals surface area (Å²) in [6, 6.07) is 11.3. The summed E-state index contributed by atoms with van der Waals surface area (Å²) >= 11 is 3.21. The number of benzene rings is 1. The van der Waals surface area contributed by atoms with Gasteiger partial charge in [0.2, 0.25) is 5.95 Å². The van der Waals surface area contributed by atoms with Crippen LogP contribution in [0.5, 0.6) is 0 Å². The highest BCUT2D eigenvalue weighted by molar-refractivity contribution is 9.10. The number of furan rings is 1. The molecule has 2 aromatic heterocycles. The fourth-order valence-electron chi connectivity index (χ4n) is 2.54. The molecule has 0 atom stereocenters. The van der Waals surface area contributed by atoms with Crippen LogP contribution in [0.15, 0.2) is 45.5 Å². The first-order valence-electron chi connectivity index (χ1n) is 6.26. The van der Waals surface area contributed by atoms with E-state index < -0.39 is 0 Å². The molecule has 1 aliphatic rings. The smallest absolute Gasteiger partial charge is 0.296 e. The Hall–Kier alpha value is -2.08. The summed E-state index contributed by atoms with van der Waals surface area (Å²) in [5.41, 5.74) is 1.96. The molecule has 1 aromatic carbocycles. The van der Waals surface area contributed by atoms with Crippen LogP contribution in [0.2, 0.25) is 0 Å². The van der Waals surface area contributed by atoms with Crippen molar-refractivity contribution >= 4 is 38.8 Å². The van der Waals surface area contributed by atoms with Gasteiger partial charge in [0.1, 0.15) is 0 Å². The van der Waals surface area contributed by atoms with E-state index in [0.717, 1.165) is 17.6 Å². The highest BCUT2D eigenvalue weighted by atomic mass is 79.9. The molecule has 20 heavy (non-hydrogen) atoms. The number of para-hydroxylation sites is 2. The van der Waals surface area contributed by atoms with Crippen molar-refractivity contribution in [2.45, 2.75) is 6.54 Å². The Kier molecular flexibility index (Phi) is 2.47. The predicted octanol–water partition coefficient (Wildman–Crippen LogP) is 3.05. The maximum atomic E-state index is 12.5. The molecule has 0 N–H and O–H groups in total. The quantitative estimate of drug-likeness (QED) is 0.688. The standard InChI is InChI=1S/C14H10BrN3O2/c15-12-6-5-11(20-12)13(19)18-8-7-17-10-4-2-1-3-9(10)16-14(17)18/h1-6H,7-8H2. The molecule has 1 amide bonds. The zero-order valence-electron chi connectivity index (χ0n) is 10.4. The topological polar surface area (TPSA) is 51.3 Å². The van der Waals surface area contributed by atoms with E-state index in [4.69, 9.17) is 4.42 Å². The van der Waals surface area contributed by atoms with Crippen molar-refractivity contribution in [1.29, 1.82) is 0 Å². The lowest BCUT2D eigenvalue weighted by Gasteiger charge is -2.11. The molecule has 6 heteroatoms. The first kappa shape index (κ1) is 11.7. The fourth-order valence-corrected chi connectivity index (χ4v) is 2.85. The summed E-state index contributed by atoms with van der Waals surface area (Å²) in [7, 11) is 0. The molecule has 0 spiro atoms. The maximum Gasteiger partial charge on any atom is 0.296 e. The molecule has 1 aliphatic heterocycles. The monoisotopic (exact) mass is 331 g/mol. The van der Waals surface area contributed by atoms with E-state index in [2.05, 4.69) is 25.5 Å². The van der Waals surface area contributed by atoms with Crippen LogP contribution in [-0.4, -0.2) is 22.0 Å². The van der Waals surface area contributed by atoms with Gasteiger partial charge in [-0.2, -0.15) is 0 Å². The predicted molar refractivity (Wildman–Crippen MR) is 77.8 cm³/mol. The lowest BCUT2D eigenvalue weighted by Crippen LogP contribution is -2.29.